The highest BCUT2D eigenvalue weighted by molar-refractivity contribution is 5.95. The van der Waals surface area contributed by atoms with Crippen molar-refractivity contribution in [3.8, 4) is 0 Å². The molecule has 5 nitrogen and oxygen atoms in total. The fourth-order valence-corrected chi connectivity index (χ4v) is 2.55. The average molecular weight is 290 g/mol. The lowest BCUT2D eigenvalue weighted by molar-refractivity contribution is -0.145. The van der Waals surface area contributed by atoms with E-state index in [4.69, 9.17) is 4.74 Å². The van der Waals surface area contributed by atoms with E-state index in [-0.39, 0.29) is 18.4 Å². The summed E-state index contributed by atoms with van der Waals surface area (Å²) in [5, 5.41) is 2.68. The summed E-state index contributed by atoms with van der Waals surface area (Å²) in [5.41, 5.74) is 1.06. The van der Waals surface area contributed by atoms with Gasteiger partial charge in [0.15, 0.2) is 0 Å². The van der Waals surface area contributed by atoms with E-state index in [0.717, 1.165) is 18.4 Å². The number of rotatable bonds is 7. The van der Waals surface area contributed by atoms with Crippen molar-refractivity contribution in [3.63, 3.8) is 0 Å². The van der Waals surface area contributed by atoms with Crippen molar-refractivity contribution in [1.82, 2.24) is 10.2 Å². The van der Waals surface area contributed by atoms with E-state index in [0.29, 0.717) is 19.6 Å². The second-order valence-corrected chi connectivity index (χ2v) is 5.21. The predicted octanol–water partition coefficient (Wildman–Crippen LogP) is 0.983. The number of unbranched alkanes of at least 4 members (excludes halogenated alkanes) is 1. The van der Waals surface area contributed by atoms with Gasteiger partial charge in [0.2, 0.25) is 11.8 Å². The van der Waals surface area contributed by atoms with Crippen LogP contribution in [0.25, 0.3) is 0 Å². The van der Waals surface area contributed by atoms with E-state index in [1.165, 1.54) is 0 Å². The van der Waals surface area contributed by atoms with Gasteiger partial charge in [-0.25, -0.2) is 0 Å². The van der Waals surface area contributed by atoms with Crippen molar-refractivity contribution in [2.75, 3.05) is 26.8 Å². The van der Waals surface area contributed by atoms with Gasteiger partial charge in [0.1, 0.15) is 6.04 Å². The first-order chi connectivity index (χ1) is 10.2. The number of nitrogens with zero attached hydrogens (tertiary/aromatic N) is 1. The number of methoxy groups -OCH3 is 1. The van der Waals surface area contributed by atoms with Crippen LogP contribution in [0.15, 0.2) is 30.3 Å². The van der Waals surface area contributed by atoms with Crippen LogP contribution < -0.4 is 5.32 Å². The van der Waals surface area contributed by atoms with Crippen LogP contribution >= 0.6 is 0 Å². The molecule has 1 aliphatic heterocycles. The zero-order valence-electron chi connectivity index (χ0n) is 12.4. The standard InChI is InChI=1S/C16H22N2O3/c1-21-10-6-5-9-18-14(16(20)17-12-15(18)19)11-13-7-3-2-4-8-13/h2-4,7-8,14H,5-6,9-12H2,1H3,(H,17,20). The second-order valence-electron chi connectivity index (χ2n) is 5.21. The molecule has 0 saturated carbocycles. The predicted molar refractivity (Wildman–Crippen MR) is 79.8 cm³/mol. The van der Waals surface area contributed by atoms with E-state index in [2.05, 4.69) is 5.32 Å². The molecule has 1 atom stereocenters. The Hall–Kier alpha value is -1.88. The maximum absolute atomic E-state index is 12.1. The highest BCUT2D eigenvalue weighted by atomic mass is 16.5. The van der Waals surface area contributed by atoms with Gasteiger partial charge in [-0.2, -0.15) is 0 Å². The van der Waals surface area contributed by atoms with Crippen LogP contribution in [0.3, 0.4) is 0 Å². The zero-order chi connectivity index (χ0) is 15.1. The normalized spacial score (nSPS) is 18.7. The molecule has 0 bridgehead atoms. The Morgan fingerprint density at radius 2 is 2.00 bits per heavy atom. The number of hydrogen-bond acceptors (Lipinski definition) is 3. The SMILES string of the molecule is COCCCCN1C(=O)CNC(=O)C1Cc1ccccc1. The highest BCUT2D eigenvalue weighted by Crippen LogP contribution is 2.14. The molecule has 0 aromatic heterocycles. The van der Waals surface area contributed by atoms with Crippen LogP contribution in [-0.4, -0.2) is 49.6 Å². The third-order valence-corrected chi connectivity index (χ3v) is 3.68. The smallest absolute Gasteiger partial charge is 0.243 e. The molecule has 0 radical (unpaired) electrons. The largest absolute Gasteiger partial charge is 0.385 e. The summed E-state index contributed by atoms with van der Waals surface area (Å²) >= 11 is 0. The fourth-order valence-electron chi connectivity index (χ4n) is 2.55. The van der Waals surface area contributed by atoms with Crippen molar-refractivity contribution >= 4 is 11.8 Å². The summed E-state index contributed by atoms with van der Waals surface area (Å²) in [5.74, 6) is -0.0712. The summed E-state index contributed by atoms with van der Waals surface area (Å²) in [7, 11) is 1.66. The Morgan fingerprint density at radius 1 is 1.24 bits per heavy atom. The van der Waals surface area contributed by atoms with Gasteiger partial charge in [-0.3, -0.25) is 9.59 Å². The van der Waals surface area contributed by atoms with E-state index in [1.54, 1.807) is 12.0 Å². The van der Waals surface area contributed by atoms with Crippen LogP contribution in [-0.2, 0) is 20.7 Å². The van der Waals surface area contributed by atoms with Gasteiger partial charge in [0.25, 0.3) is 0 Å². The number of benzene rings is 1. The van der Waals surface area contributed by atoms with Crippen LogP contribution in [0.4, 0.5) is 0 Å². The van der Waals surface area contributed by atoms with Crippen molar-refractivity contribution in [1.29, 1.82) is 0 Å². The first-order valence-corrected chi connectivity index (χ1v) is 7.32. The molecule has 1 fully saturated rings. The molecule has 0 aliphatic carbocycles. The van der Waals surface area contributed by atoms with E-state index >= 15 is 0 Å². The van der Waals surface area contributed by atoms with Gasteiger partial charge in [-0.1, -0.05) is 30.3 Å². The number of nitrogens with one attached hydrogen (secondary N) is 1. The minimum atomic E-state index is -0.406. The first kappa shape index (κ1) is 15.5. The Morgan fingerprint density at radius 3 is 2.71 bits per heavy atom. The number of amides is 2. The third-order valence-electron chi connectivity index (χ3n) is 3.68. The summed E-state index contributed by atoms with van der Waals surface area (Å²) in [6, 6.07) is 9.39. The Bertz CT molecular complexity index is 476. The van der Waals surface area contributed by atoms with Crippen LogP contribution in [0, 0.1) is 0 Å². The van der Waals surface area contributed by atoms with Crippen molar-refractivity contribution in [2.45, 2.75) is 25.3 Å². The maximum Gasteiger partial charge on any atom is 0.243 e. The minimum Gasteiger partial charge on any atom is -0.385 e. The Kier molecular flexibility index (Phi) is 5.75. The zero-order valence-corrected chi connectivity index (χ0v) is 12.4. The van der Waals surface area contributed by atoms with Crippen LogP contribution in [0.5, 0.6) is 0 Å². The lowest BCUT2D eigenvalue weighted by Gasteiger charge is -2.35. The van der Waals surface area contributed by atoms with E-state index in [9.17, 15) is 9.59 Å². The summed E-state index contributed by atoms with van der Waals surface area (Å²) in [4.78, 5) is 25.9. The van der Waals surface area contributed by atoms with Crippen LogP contribution in [0.1, 0.15) is 18.4 Å². The quantitative estimate of drug-likeness (QED) is 0.762. The maximum atomic E-state index is 12.1. The lowest BCUT2D eigenvalue weighted by Crippen LogP contribution is -2.59. The van der Waals surface area contributed by atoms with E-state index < -0.39 is 6.04 Å². The average Bonchev–Trinajstić information content (AvgIpc) is 2.51. The van der Waals surface area contributed by atoms with Crippen LogP contribution in [0.2, 0.25) is 0 Å². The fraction of sp³-hybridized carbons (Fsp3) is 0.500. The molecule has 0 spiro atoms. The number of piperazine rings is 1. The Labute approximate surface area is 125 Å². The molecule has 1 aromatic carbocycles. The molecule has 114 valence electrons. The second kappa shape index (κ2) is 7.78. The molecule has 1 N–H and O–H groups in total. The third kappa shape index (κ3) is 4.29. The van der Waals surface area contributed by atoms with Gasteiger partial charge in [0, 0.05) is 26.7 Å². The first-order valence-electron chi connectivity index (χ1n) is 7.32. The van der Waals surface area contributed by atoms with Gasteiger partial charge in [-0.15, -0.1) is 0 Å². The summed E-state index contributed by atoms with van der Waals surface area (Å²) < 4.78 is 5.02. The molecule has 1 aromatic rings. The van der Waals surface area contributed by atoms with Crippen molar-refractivity contribution in [2.24, 2.45) is 0 Å². The molecular formula is C16H22N2O3. The number of carbonyl (C=O) groups is 2. The molecular weight excluding hydrogens is 268 g/mol. The molecule has 1 heterocycles. The highest BCUT2D eigenvalue weighted by Gasteiger charge is 2.33. The molecule has 5 heteroatoms. The number of ether oxygens (including phenoxy) is 1. The number of carbonyl (C=O) groups excluding carboxylic acids is 2. The molecule has 1 aliphatic rings. The molecule has 1 unspecified atom stereocenters. The van der Waals surface area contributed by atoms with Gasteiger partial charge in [0.05, 0.1) is 6.54 Å². The van der Waals surface area contributed by atoms with Gasteiger partial charge < -0.3 is 15.0 Å². The monoisotopic (exact) mass is 290 g/mol. The summed E-state index contributed by atoms with van der Waals surface area (Å²) in [6.45, 7) is 1.39. The molecule has 1 saturated heterocycles. The minimum absolute atomic E-state index is 0.00653. The number of hydrogen-bond donors (Lipinski definition) is 1. The van der Waals surface area contributed by atoms with Gasteiger partial charge in [-0.05, 0) is 18.4 Å². The summed E-state index contributed by atoms with van der Waals surface area (Å²) in [6.07, 6.45) is 2.29. The Balaban J connectivity index is 2.01. The molecule has 2 amide bonds. The van der Waals surface area contributed by atoms with Crippen molar-refractivity contribution < 1.29 is 14.3 Å². The van der Waals surface area contributed by atoms with E-state index in [1.807, 2.05) is 30.3 Å². The molecule has 21 heavy (non-hydrogen) atoms. The molecule has 2 rings (SSSR count). The topological polar surface area (TPSA) is 58.6 Å². The lowest BCUT2D eigenvalue weighted by atomic mass is 10.0. The van der Waals surface area contributed by atoms with Crippen molar-refractivity contribution in [3.05, 3.63) is 35.9 Å². The van der Waals surface area contributed by atoms with Gasteiger partial charge >= 0.3 is 0 Å².